The molecular formula is C8H8N6O2S. The molecule has 2 heterocycles. The topological polar surface area (TPSA) is 110 Å². The predicted octanol–water partition coefficient (Wildman–Crippen LogP) is 1.30. The van der Waals surface area contributed by atoms with E-state index in [1.165, 1.54) is 30.2 Å². The molecule has 0 saturated carbocycles. The summed E-state index contributed by atoms with van der Waals surface area (Å²) in [6.07, 6.45) is 1.36. The van der Waals surface area contributed by atoms with Gasteiger partial charge in [0.1, 0.15) is 17.2 Å². The Labute approximate surface area is 100 Å². The van der Waals surface area contributed by atoms with Gasteiger partial charge in [0.05, 0.1) is 11.0 Å². The molecule has 2 N–H and O–H groups in total. The molecule has 0 unspecified atom stereocenters. The molecule has 0 aliphatic rings. The molecule has 9 heteroatoms. The summed E-state index contributed by atoms with van der Waals surface area (Å²) in [4.78, 5) is 18.3. The smallest absolute Gasteiger partial charge is 0.275 e. The summed E-state index contributed by atoms with van der Waals surface area (Å²) in [5.74, 6) is 0.432. The monoisotopic (exact) mass is 252 g/mol. The van der Waals surface area contributed by atoms with Crippen molar-refractivity contribution in [3.05, 3.63) is 28.6 Å². The maximum absolute atomic E-state index is 10.7. The molecule has 0 aliphatic heterocycles. The van der Waals surface area contributed by atoms with Crippen molar-refractivity contribution in [1.29, 1.82) is 0 Å². The van der Waals surface area contributed by atoms with E-state index in [1.807, 2.05) is 0 Å². The van der Waals surface area contributed by atoms with Crippen molar-refractivity contribution < 1.29 is 4.92 Å². The van der Waals surface area contributed by atoms with Crippen LogP contribution >= 0.6 is 11.8 Å². The predicted molar refractivity (Wildman–Crippen MR) is 60.9 cm³/mol. The van der Waals surface area contributed by atoms with E-state index < -0.39 is 4.92 Å². The largest absolute Gasteiger partial charge is 0.373 e. The second-order valence-electron chi connectivity index (χ2n) is 2.95. The second-order valence-corrected chi connectivity index (χ2v) is 3.96. The number of rotatable bonds is 4. The van der Waals surface area contributed by atoms with E-state index in [0.29, 0.717) is 16.0 Å². The van der Waals surface area contributed by atoms with Gasteiger partial charge in [0.2, 0.25) is 0 Å². The number of hydrogen-bond donors (Lipinski definition) is 2. The number of anilines is 1. The number of hydrogen-bond acceptors (Lipinski definition) is 7. The van der Waals surface area contributed by atoms with Crippen LogP contribution < -0.4 is 5.32 Å². The SMILES string of the molecule is CNc1cc([N+](=O)[O-])cc(Sc2ncn[nH]2)n1. The number of nitro groups is 1. The molecule has 0 aromatic carbocycles. The maximum Gasteiger partial charge on any atom is 0.275 e. The quantitative estimate of drug-likeness (QED) is 0.623. The third-order valence-electron chi connectivity index (χ3n) is 1.85. The van der Waals surface area contributed by atoms with E-state index in [9.17, 15) is 10.1 Å². The van der Waals surface area contributed by atoms with Gasteiger partial charge in [-0.1, -0.05) is 0 Å². The van der Waals surface area contributed by atoms with E-state index in [1.54, 1.807) is 7.05 Å². The van der Waals surface area contributed by atoms with Crippen molar-refractivity contribution in [1.82, 2.24) is 20.2 Å². The van der Waals surface area contributed by atoms with E-state index >= 15 is 0 Å². The van der Waals surface area contributed by atoms with Gasteiger partial charge in [-0.2, -0.15) is 5.10 Å². The normalized spacial score (nSPS) is 10.2. The highest BCUT2D eigenvalue weighted by Gasteiger charge is 2.12. The maximum atomic E-state index is 10.7. The molecule has 0 fully saturated rings. The number of nitrogens with zero attached hydrogens (tertiary/aromatic N) is 4. The fraction of sp³-hybridized carbons (Fsp3) is 0.125. The first-order valence-corrected chi connectivity index (χ1v) is 5.38. The molecule has 0 saturated heterocycles. The lowest BCUT2D eigenvalue weighted by atomic mass is 10.4. The summed E-state index contributed by atoms with van der Waals surface area (Å²) in [6.45, 7) is 0. The van der Waals surface area contributed by atoms with Gasteiger partial charge >= 0.3 is 0 Å². The van der Waals surface area contributed by atoms with Gasteiger partial charge in [-0.05, 0) is 11.8 Å². The molecule has 0 radical (unpaired) electrons. The molecule has 8 nitrogen and oxygen atoms in total. The van der Waals surface area contributed by atoms with Crippen LogP contribution in [0.2, 0.25) is 0 Å². The van der Waals surface area contributed by atoms with Gasteiger partial charge in [-0.3, -0.25) is 15.2 Å². The van der Waals surface area contributed by atoms with E-state index in [2.05, 4.69) is 25.5 Å². The van der Waals surface area contributed by atoms with Crippen molar-refractivity contribution in [3.63, 3.8) is 0 Å². The van der Waals surface area contributed by atoms with Crippen LogP contribution in [0.1, 0.15) is 0 Å². The summed E-state index contributed by atoms with van der Waals surface area (Å²) in [5, 5.41) is 20.8. The molecular weight excluding hydrogens is 244 g/mol. The Morgan fingerprint density at radius 3 is 2.94 bits per heavy atom. The van der Waals surface area contributed by atoms with E-state index in [-0.39, 0.29) is 5.69 Å². The summed E-state index contributed by atoms with van der Waals surface area (Å²) < 4.78 is 0. The van der Waals surface area contributed by atoms with Crippen molar-refractivity contribution >= 4 is 23.3 Å². The zero-order valence-corrected chi connectivity index (χ0v) is 9.56. The van der Waals surface area contributed by atoms with Crippen LogP contribution in [0.25, 0.3) is 0 Å². The van der Waals surface area contributed by atoms with Crippen LogP contribution in [0.3, 0.4) is 0 Å². The standard InChI is InChI=1S/C8H8N6O2S/c1-9-6-2-5(14(15)16)3-7(12-6)17-8-10-4-11-13-8/h2-4H,1H3,(H,9,12)(H,10,11,13). The molecule has 2 aromatic heterocycles. The average Bonchev–Trinajstić information content (AvgIpc) is 2.81. The Morgan fingerprint density at radius 2 is 2.35 bits per heavy atom. The Hall–Kier alpha value is -2.16. The highest BCUT2D eigenvalue weighted by molar-refractivity contribution is 7.99. The molecule has 0 amide bonds. The highest BCUT2D eigenvalue weighted by Crippen LogP contribution is 2.27. The minimum Gasteiger partial charge on any atom is -0.373 e. The molecule has 17 heavy (non-hydrogen) atoms. The zero-order chi connectivity index (χ0) is 12.3. The first-order chi connectivity index (χ1) is 8.19. The fourth-order valence-electron chi connectivity index (χ4n) is 1.12. The number of aromatic amines is 1. The van der Waals surface area contributed by atoms with Gasteiger partial charge < -0.3 is 5.32 Å². The lowest BCUT2D eigenvalue weighted by Crippen LogP contribution is -1.97. The van der Waals surface area contributed by atoms with Crippen molar-refractivity contribution in [2.45, 2.75) is 10.2 Å². The Kier molecular flexibility index (Phi) is 3.19. The van der Waals surface area contributed by atoms with Crippen LogP contribution in [-0.2, 0) is 0 Å². The number of aromatic nitrogens is 4. The summed E-state index contributed by atoms with van der Waals surface area (Å²) in [5.41, 5.74) is -0.0219. The fourth-order valence-corrected chi connectivity index (χ4v) is 1.84. The van der Waals surface area contributed by atoms with E-state index in [4.69, 9.17) is 0 Å². The Morgan fingerprint density at radius 1 is 1.53 bits per heavy atom. The molecule has 2 aromatic rings. The van der Waals surface area contributed by atoms with Crippen LogP contribution in [-0.4, -0.2) is 32.1 Å². The third-order valence-corrected chi connectivity index (χ3v) is 2.66. The summed E-state index contributed by atoms with van der Waals surface area (Å²) in [7, 11) is 1.65. The summed E-state index contributed by atoms with van der Waals surface area (Å²) >= 11 is 1.17. The molecule has 88 valence electrons. The van der Waals surface area contributed by atoms with Crippen molar-refractivity contribution in [2.24, 2.45) is 0 Å². The highest BCUT2D eigenvalue weighted by atomic mass is 32.2. The molecule has 0 aliphatic carbocycles. The van der Waals surface area contributed by atoms with Crippen LogP contribution in [0.15, 0.2) is 28.6 Å². The van der Waals surface area contributed by atoms with Crippen LogP contribution in [0.5, 0.6) is 0 Å². The minimum absolute atomic E-state index is 0.0219. The van der Waals surface area contributed by atoms with Gasteiger partial charge in [-0.25, -0.2) is 9.97 Å². The van der Waals surface area contributed by atoms with Gasteiger partial charge in [0, 0.05) is 13.1 Å². The van der Waals surface area contributed by atoms with Gasteiger partial charge in [0.25, 0.3) is 5.69 Å². The molecule has 0 spiro atoms. The van der Waals surface area contributed by atoms with Crippen LogP contribution in [0, 0.1) is 10.1 Å². The number of nitrogens with one attached hydrogen (secondary N) is 2. The zero-order valence-electron chi connectivity index (χ0n) is 8.75. The molecule has 0 atom stereocenters. The Bertz CT molecular complexity index is 529. The first-order valence-electron chi connectivity index (χ1n) is 4.56. The van der Waals surface area contributed by atoms with Crippen molar-refractivity contribution in [3.8, 4) is 0 Å². The first kappa shape index (κ1) is 11.3. The van der Waals surface area contributed by atoms with Gasteiger partial charge in [-0.15, -0.1) is 0 Å². The average molecular weight is 252 g/mol. The van der Waals surface area contributed by atoms with E-state index in [0.717, 1.165) is 0 Å². The van der Waals surface area contributed by atoms with Crippen LogP contribution in [0.4, 0.5) is 11.5 Å². The van der Waals surface area contributed by atoms with Gasteiger partial charge in [0.15, 0.2) is 5.16 Å². The lowest BCUT2D eigenvalue weighted by molar-refractivity contribution is -0.385. The molecule has 0 bridgehead atoms. The third kappa shape index (κ3) is 2.69. The number of pyridine rings is 1. The minimum atomic E-state index is -0.465. The number of H-pyrrole nitrogens is 1. The summed E-state index contributed by atoms with van der Waals surface area (Å²) in [6, 6.07) is 2.75. The van der Waals surface area contributed by atoms with Crippen molar-refractivity contribution in [2.75, 3.05) is 12.4 Å². The Balaban J connectivity index is 2.33. The lowest BCUT2D eigenvalue weighted by Gasteiger charge is -2.02. The second kappa shape index (κ2) is 4.78. The molecule has 2 rings (SSSR count).